The molecule has 2 atom stereocenters. The van der Waals surface area contributed by atoms with Crippen LogP contribution in [-0.2, 0) is 0 Å². The van der Waals surface area contributed by atoms with Gasteiger partial charge in [-0.3, -0.25) is 4.79 Å². The normalized spacial score (nSPS) is 21.5. The average molecular weight is 402 g/mol. The van der Waals surface area contributed by atoms with E-state index in [-0.39, 0.29) is 17.8 Å². The lowest BCUT2D eigenvalue weighted by atomic mass is 9.85. The van der Waals surface area contributed by atoms with Crippen molar-refractivity contribution in [1.29, 1.82) is 0 Å². The van der Waals surface area contributed by atoms with Crippen LogP contribution >= 0.6 is 0 Å². The maximum absolute atomic E-state index is 13.4. The Hall–Kier alpha value is -3.34. The van der Waals surface area contributed by atoms with Crippen LogP contribution < -0.4 is 15.1 Å². The molecule has 0 bridgehead atoms. The zero-order valence-corrected chi connectivity index (χ0v) is 17.3. The lowest BCUT2D eigenvalue weighted by Crippen LogP contribution is -2.36. The SMILES string of the molecule is CC1Oc2c(c3c(c4oc(=O)cc(-c5ccccc5)c24)C=CC(C)(C)O3)C(=O)C1C. The number of fused-ring (bicyclic) bond motifs is 6. The fraction of sp³-hybridized carbons (Fsp3) is 0.280. The van der Waals surface area contributed by atoms with Gasteiger partial charge in [0, 0.05) is 11.6 Å². The smallest absolute Gasteiger partial charge is 0.336 e. The molecule has 0 spiro atoms. The molecule has 0 amide bonds. The number of carbonyl (C=O) groups is 1. The van der Waals surface area contributed by atoms with Crippen molar-refractivity contribution in [2.24, 2.45) is 5.92 Å². The Bertz CT molecular complexity index is 1280. The van der Waals surface area contributed by atoms with Crippen molar-refractivity contribution >= 4 is 22.8 Å². The zero-order chi connectivity index (χ0) is 21.2. The van der Waals surface area contributed by atoms with Gasteiger partial charge >= 0.3 is 5.63 Å². The summed E-state index contributed by atoms with van der Waals surface area (Å²) in [5.74, 6) is 0.501. The molecule has 0 saturated heterocycles. The Balaban J connectivity index is 1.98. The number of carbonyl (C=O) groups excluding carboxylic acids is 1. The van der Waals surface area contributed by atoms with Crippen LogP contribution in [0.15, 0.2) is 51.7 Å². The maximum atomic E-state index is 13.4. The molecular weight excluding hydrogens is 380 g/mol. The highest BCUT2D eigenvalue weighted by Crippen LogP contribution is 2.50. The van der Waals surface area contributed by atoms with Gasteiger partial charge in [-0.2, -0.15) is 0 Å². The summed E-state index contributed by atoms with van der Waals surface area (Å²) >= 11 is 0. The molecule has 0 fully saturated rings. The first kappa shape index (κ1) is 18.7. The van der Waals surface area contributed by atoms with Gasteiger partial charge < -0.3 is 13.9 Å². The van der Waals surface area contributed by atoms with Gasteiger partial charge in [0.25, 0.3) is 0 Å². The van der Waals surface area contributed by atoms with Crippen molar-refractivity contribution in [3.05, 3.63) is 64.0 Å². The van der Waals surface area contributed by atoms with Gasteiger partial charge in [-0.05, 0) is 38.5 Å². The number of Topliss-reactive ketones (excluding diaryl/α,β-unsaturated/α-hetero) is 1. The lowest BCUT2D eigenvalue weighted by molar-refractivity contribution is 0.0715. The fourth-order valence-corrected chi connectivity index (χ4v) is 4.13. The molecule has 2 aliphatic rings. The number of ether oxygens (including phenoxy) is 2. The Morgan fingerprint density at radius 2 is 1.73 bits per heavy atom. The summed E-state index contributed by atoms with van der Waals surface area (Å²) in [7, 11) is 0. The molecule has 5 nitrogen and oxygen atoms in total. The van der Waals surface area contributed by atoms with E-state index in [9.17, 15) is 9.59 Å². The summed E-state index contributed by atoms with van der Waals surface area (Å²) in [6.07, 6.45) is 3.46. The quantitative estimate of drug-likeness (QED) is 0.521. The second-order valence-electron chi connectivity index (χ2n) is 8.51. The van der Waals surface area contributed by atoms with E-state index in [0.29, 0.717) is 39.2 Å². The van der Waals surface area contributed by atoms with Crippen LogP contribution in [-0.4, -0.2) is 17.5 Å². The van der Waals surface area contributed by atoms with E-state index in [1.165, 1.54) is 6.07 Å². The summed E-state index contributed by atoms with van der Waals surface area (Å²) in [5, 5.41) is 0.620. The number of rotatable bonds is 1. The maximum Gasteiger partial charge on any atom is 0.336 e. The van der Waals surface area contributed by atoms with Crippen molar-refractivity contribution in [1.82, 2.24) is 0 Å². The molecule has 5 rings (SSSR count). The van der Waals surface area contributed by atoms with Gasteiger partial charge in [-0.1, -0.05) is 37.3 Å². The van der Waals surface area contributed by atoms with Crippen molar-refractivity contribution in [3.63, 3.8) is 0 Å². The highest BCUT2D eigenvalue weighted by Gasteiger charge is 2.40. The van der Waals surface area contributed by atoms with Gasteiger partial charge in [-0.15, -0.1) is 0 Å². The van der Waals surface area contributed by atoms with Crippen molar-refractivity contribution in [3.8, 4) is 22.6 Å². The molecule has 0 saturated carbocycles. The van der Waals surface area contributed by atoms with E-state index in [1.807, 2.05) is 70.2 Å². The third-order valence-electron chi connectivity index (χ3n) is 5.90. The van der Waals surface area contributed by atoms with Crippen LogP contribution in [0.2, 0.25) is 0 Å². The van der Waals surface area contributed by atoms with E-state index < -0.39 is 11.2 Å². The number of hydrogen-bond acceptors (Lipinski definition) is 5. The minimum Gasteiger partial charge on any atom is -0.488 e. The predicted molar refractivity (Wildman–Crippen MR) is 115 cm³/mol. The standard InChI is InChI=1S/C25H22O5/c1-13-14(2)28-24-19-17(15-8-6-5-7-9-15)12-18(26)29-22(19)16-10-11-25(3,4)30-23(16)20(24)21(13)27/h5-14H,1-4H3. The summed E-state index contributed by atoms with van der Waals surface area (Å²) < 4.78 is 18.2. The number of benzene rings is 2. The van der Waals surface area contributed by atoms with Gasteiger partial charge in [-0.25, -0.2) is 4.79 Å². The first-order chi connectivity index (χ1) is 14.3. The van der Waals surface area contributed by atoms with E-state index in [2.05, 4.69) is 0 Å². The first-order valence-corrected chi connectivity index (χ1v) is 10.1. The minimum atomic E-state index is -0.599. The van der Waals surface area contributed by atoms with Crippen molar-refractivity contribution in [2.75, 3.05) is 0 Å². The van der Waals surface area contributed by atoms with Crippen LogP contribution in [0, 0.1) is 5.92 Å². The Morgan fingerprint density at radius 1 is 1.00 bits per heavy atom. The molecule has 0 aliphatic carbocycles. The largest absolute Gasteiger partial charge is 0.488 e. The fourth-order valence-electron chi connectivity index (χ4n) is 4.13. The Morgan fingerprint density at radius 3 is 2.47 bits per heavy atom. The van der Waals surface area contributed by atoms with Crippen molar-refractivity contribution in [2.45, 2.75) is 39.4 Å². The van der Waals surface area contributed by atoms with Gasteiger partial charge in [0.15, 0.2) is 11.4 Å². The molecule has 2 unspecified atom stereocenters. The minimum absolute atomic E-state index is 0.0294. The summed E-state index contributed by atoms with van der Waals surface area (Å²) in [5.41, 5.74) is 1.85. The third-order valence-corrected chi connectivity index (χ3v) is 5.90. The van der Waals surface area contributed by atoms with Crippen LogP contribution in [0.25, 0.3) is 28.2 Å². The van der Waals surface area contributed by atoms with E-state index in [4.69, 9.17) is 13.9 Å². The first-order valence-electron chi connectivity index (χ1n) is 10.1. The third kappa shape index (κ3) is 2.69. The highest BCUT2D eigenvalue weighted by molar-refractivity contribution is 6.14. The molecule has 0 radical (unpaired) electrons. The molecule has 2 aliphatic heterocycles. The molecule has 3 heterocycles. The van der Waals surface area contributed by atoms with Crippen LogP contribution in [0.3, 0.4) is 0 Å². The monoisotopic (exact) mass is 402 g/mol. The van der Waals surface area contributed by atoms with Gasteiger partial charge in [0.2, 0.25) is 0 Å². The zero-order valence-electron chi connectivity index (χ0n) is 17.3. The van der Waals surface area contributed by atoms with Crippen LogP contribution in [0.5, 0.6) is 11.5 Å². The summed E-state index contributed by atoms with van der Waals surface area (Å²) in [6, 6.07) is 11.0. The van der Waals surface area contributed by atoms with E-state index >= 15 is 0 Å². The molecule has 3 aromatic rings. The number of ketones is 1. The van der Waals surface area contributed by atoms with E-state index in [0.717, 1.165) is 5.56 Å². The Kier molecular flexibility index (Phi) is 3.94. The van der Waals surface area contributed by atoms with Gasteiger partial charge in [0.05, 0.1) is 16.9 Å². The molecule has 2 aromatic carbocycles. The second-order valence-corrected chi connectivity index (χ2v) is 8.51. The van der Waals surface area contributed by atoms with Crippen molar-refractivity contribution < 1.29 is 18.7 Å². The highest BCUT2D eigenvalue weighted by atomic mass is 16.5. The molecule has 30 heavy (non-hydrogen) atoms. The van der Waals surface area contributed by atoms with Gasteiger partial charge in [0.1, 0.15) is 28.8 Å². The van der Waals surface area contributed by atoms with E-state index in [1.54, 1.807) is 0 Å². The molecule has 0 N–H and O–H groups in total. The summed E-state index contributed by atoms with van der Waals surface area (Å²) in [6.45, 7) is 7.57. The molecule has 5 heteroatoms. The molecule has 1 aromatic heterocycles. The topological polar surface area (TPSA) is 65.7 Å². The number of hydrogen-bond donors (Lipinski definition) is 0. The Labute approximate surface area is 173 Å². The average Bonchev–Trinajstić information content (AvgIpc) is 2.71. The second kappa shape index (κ2) is 6.33. The van der Waals surface area contributed by atoms with Crippen LogP contribution in [0.4, 0.5) is 0 Å². The molecular formula is C25H22O5. The molecule has 152 valence electrons. The van der Waals surface area contributed by atoms with Crippen LogP contribution in [0.1, 0.15) is 43.6 Å². The predicted octanol–water partition coefficient (Wildman–Crippen LogP) is 5.24. The lowest BCUT2D eigenvalue weighted by Gasteiger charge is -2.35. The summed E-state index contributed by atoms with van der Waals surface area (Å²) in [4.78, 5) is 25.9.